The third-order valence-electron chi connectivity index (χ3n) is 4.51. The average Bonchev–Trinajstić information content (AvgIpc) is 2.97. The SMILES string of the molecule is CS(=O)(=O)CC(=O)N1CCC(CNC(=O)CN2CCCC2)CC1. The van der Waals surface area contributed by atoms with Crippen LogP contribution in [0, 0.1) is 5.92 Å². The standard InChI is InChI=1S/C15H27N3O4S/c1-23(21,22)12-15(20)18-8-4-13(5-9-18)10-16-14(19)11-17-6-2-3-7-17/h13H,2-12H2,1H3,(H,16,19). The van der Waals surface area contributed by atoms with Crippen LogP contribution >= 0.6 is 0 Å². The molecule has 23 heavy (non-hydrogen) atoms. The van der Waals surface area contributed by atoms with E-state index < -0.39 is 15.6 Å². The van der Waals surface area contributed by atoms with E-state index in [0.29, 0.717) is 32.1 Å². The Morgan fingerprint density at radius 1 is 1.09 bits per heavy atom. The van der Waals surface area contributed by atoms with E-state index >= 15 is 0 Å². The number of nitrogens with zero attached hydrogens (tertiary/aromatic N) is 2. The van der Waals surface area contributed by atoms with Crippen LogP contribution in [0.25, 0.3) is 0 Å². The number of likely N-dealkylation sites (tertiary alicyclic amines) is 2. The Balaban J connectivity index is 1.64. The predicted molar refractivity (Wildman–Crippen MR) is 87.7 cm³/mol. The van der Waals surface area contributed by atoms with Crippen molar-refractivity contribution in [3.8, 4) is 0 Å². The summed E-state index contributed by atoms with van der Waals surface area (Å²) in [6.07, 6.45) is 5.03. The summed E-state index contributed by atoms with van der Waals surface area (Å²) in [4.78, 5) is 27.5. The van der Waals surface area contributed by atoms with Crippen LogP contribution in [0.1, 0.15) is 25.7 Å². The summed E-state index contributed by atoms with van der Waals surface area (Å²) < 4.78 is 22.3. The summed E-state index contributed by atoms with van der Waals surface area (Å²) >= 11 is 0. The molecule has 0 atom stereocenters. The van der Waals surface area contributed by atoms with E-state index in [-0.39, 0.29) is 11.8 Å². The van der Waals surface area contributed by atoms with Gasteiger partial charge in [-0.05, 0) is 44.7 Å². The first-order valence-corrected chi connectivity index (χ1v) is 10.3. The van der Waals surface area contributed by atoms with Crippen LogP contribution < -0.4 is 5.32 Å². The van der Waals surface area contributed by atoms with Crippen LogP contribution in [0.3, 0.4) is 0 Å². The molecule has 0 spiro atoms. The molecule has 2 aliphatic rings. The Kier molecular flexibility index (Phi) is 6.41. The van der Waals surface area contributed by atoms with Gasteiger partial charge in [-0.3, -0.25) is 14.5 Å². The molecule has 0 aliphatic carbocycles. The number of nitrogens with one attached hydrogen (secondary N) is 1. The van der Waals surface area contributed by atoms with Crippen molar-refractivity contribution in [1.82, 2.24) is 15.1 Å². The molecule has 2 fully saturated rings. The molecule has 132 valence electrons. The molecule has 0 radical (unpaired) electrons. The van der Waals surface area contributed by atoms with Gasteiger partial charge in [0.15, 0.2) is 9.84 Å². The van der Waals surface area contributed by atoms with Gasteiger partial charge in [-0.1, -0.05) is 0 Å². The number of carbonyl (C=O) groups excluding carboxylic acids is 2. The quantitative estimate of drug-likeness (QED) is 0.700. The van der Waals surface area contributed by atoms with Gasteiger partial charge in [-0.15, -0.1) is 0 Å². The first-order chi connectivity index (χ1) is 10.8. The van der Waals surface area contributed by atoms with Gasteiger partial charge in [0.2, 0.25) is 11.8 Å². The second-order valence-electron chi connectivity index (χ2n) is 6.68. The van der Waals surface area contributed by atoms with Crippen LogP contribution in [-0.2, 0) is 19.4 Å². The molecule has 7 nitrogen and oxygen atoms in total. The van der Waals surface area contributed by atoms with Crippen molar-refractivity contribution < 1.29 is 18.0 Å². The molecule has 2 heterocycles. The second kappa shape index (κ2) is 8.10. The minimum Gasteiger partial charge on any atom is -0.355 e. The maximum Gasteiger partial charge on any atom is 0.237 e. The van der Waals surface area contributed by atoms with Crippen LogP contribution in [0.2, 0.25) is 0 Å². The van der Waals surface area contributed by atoms with Crippen molar-refractivity contribution in [1.29, 1.82) is 0 Å². The Morgan fingerprint density at radius 3 is 2.26 bits per heavy atom. The molecule has 1 N–H and O–H groups in total. The number of hydrogen-bond acceptors (Lipinski definition) is 5. The molecular weight excluding hydrogens is 318 g/mol. The number of hydrogen-bond donors (Lipinski definition) is 1. The minimum atomic E-state index is -3.27. The molecule has 2 amide bonds. The Bertz CT molecular complexity index is 521. The fourth-order valence-electron chi connectivity index (χ4n) is 3.16. The third kappa shape index (κ3) is 6.47. The molecule has 8 heteroatoms. The van der Waals surface area contributed by atoms with Crippen molar-refractivity contribution in [2.45, 2.75) is 25.7 Å². The second-order valence-corrected chi connectivity index (χ2v) is 8.82. The lowest BCUT2D eigenvalue weighted by atomic mass is 9.97. The van der Waals surface area contributed by atoms with Crippen LogP contribution in [-0.4, -0.2) is 81.3 Å². The number of rotatable bonds is 6. The van der Waals surface area contributed by atoms with Gasteiger partial charge in [-0.25, -0.2) is 8.42 Å². The number of amides is 2. The zero-order chi connectivity index (χ0) is 16.9. The molecule has 2 aliphatic heterocycles. The van der Waals surface area contributed by atoms with Gasteiger partial charge in [-0.2, -0.15) is 0 Å². The van der Waals surface area contributed by atoms with Crippen molar-refractivity contribution in [3.63, 3.8) is 0 Å². The molecule has 0 unspecified atom stereocenters. The normalized spacial score (nSPS) is 20.7. The highest BCUT2D eigenvalue weighted by molar-refractivity contribution is 7.91. The van der Waals surface area contributed by atoms with Gasteiger partial charge < -0.3 is 10.2 Å². The number of sulfone groups is 1. The van der Waals surface area contributed by atoms with Gasteiger partial charge in [0.25, 0.3) is 0 Å². The summed E-state index contributed by atoms with van der Waals surface area (Å²) in [6.45, 7) is 4.27. The van der Waals surface area contributed by atoms with Gasteiger partial charge in [0, 0.05) is 25.9 Å². The van der Waals surface area contributed by atoms with E-state index in [2.05, 4.69) is 10.2 Å². The van der Waals surface area contributed by atoms with Gasteiger partial charge in [0.1, 0.15) is 5.75 Å². The highest BCUT2D eigenvalue weighted by Gasteiger charge is 2.25. The van der Waals surface area contributed by atoms with Crippen molar-refractivity contribution in [3.05, 3.63) is 0 Å². The monoisotopic (exact) mass is 345 g/mol. The molecule has 0 saturated carbocycles. The zero-order valence-corrected chi connectivity index (χ0v) is 14.6. The molecule has 0 aromatic heterocycles. The van der Waals surface area contributed by atoms with Crippen LogP contribution in [0.5, 0.6) is 0 Å². The lowest BCUT2D eigenvalue weighted by Crippen LogP contribution is -2.44. The molecule has 0 aromatic rings. The maximum absolute atomic E-state index is 11.9. The highest BCUT2D eigenvalue weighted by Crippen LogP contribution is 2.17. The fourth-order valence-corrected chi connectivity index (χ4v) is 3.79. The van der Waals surface area contributed by atoms with Crippen LogP contribution in [0.4, 0.5) is 0 Å². The van der Waals surface area contributed by atoms with Crippen molar-refractivity contribution in [2.24, 2.45) is 5.92 Å². The third-order valence-corrected chi connectivity index (χ3v) is 5.28. The van der Waals surface area contributed by atoms with Crippen LogP contribution in [0.15, 0.2) is 0 Å². The largest absolute Gasteiger partial charge is 0.355 e. The maximum atomic E-state index is 11.9. The summed E-state index contributed by atoms with van der Waals surface area (Å²) in [6, 6.07) is 0. The molecule has 0 bridgehead atoms. The smallest absolute Gasteiger partial charge is 0.237 e. The molecule has 2 rings (SSSR count). The highest BCUT2D eigenvalue weighted by atomic mass is 32.2. The van der Waals surface area contributed by atoms with Crippen molar-refractivity contribution in [2.75, 3.05) is 51.3 Å². The Labute approximate surface area is 138 Å². The fraction of sp³-hybridized carbons (Fsp3) is 0.867. The van der Waals surface area contributed by atoms with E-state index in [9.17, 15) is 18.0 Å². The lowest BCUT2D eigenvalue weighted by molar-refractivity contribution is -0.130. The van der Waals surface area contributed by atoms with E-state index in [1.165, 1.54) is 12.8 Å². The Morgan fingerprint density at radius 2 is 1.70 bits per heavy atom. The molecule has 2 saturated heterocycles. The summed E-state index contributed by atoms with van der Waals surface area (Å²) in [7, 11) is -3.27. The molecule has 0 aromatic carbocycles. The lowest BCUT2D eigenvalue weighted by Gasteiger charge is -2.32. The summed E-state index contributed by atoms with van der Waals surface area (Å²) in [5.74, 6) is -0.296. The zero-order valence-electron chi connectivity index (χ0n) is 13.8. The summed E-state index contributed by atoms with van der Waals surface area (Å²) in [5.41, 5.74) is 0. The van der Waals surface area contributed by atoms with E-state index in [0.717, 1.165) is 32.2 Å². The van der Waals surface area contributed by atoms with E-state index in [1.807, 2.05) is 0 Å². The first-order valence-electron chi connectivity index (χ1n) is 8.28. The van der Waals surface area contributed by atoms with E-state index in [4.69, 9.17) is 0 Å². The number of piperidine rings is 1. The summed E-state index contributed by atoms with van der Waals surface area (Å²) in [5, 5.41) is 2.98. The van der Waals surface area contributed by atoms with Gasteiger partial charge >= 0.3 is 0 Å². The predicted octanol–water partition coefficient (Wildman–Crippen LogP) is -0.518. The Hall–Kier alpha value is -1.15. The first kappa shape index (κ1) is 18.2. The topological polar surface area (TPSA) is 86.8 Å². The minimum absolute atomic E-state index is 0.0717. The average molecular weight is 345 g/mol. The molecular formula is C15H27N3O4S. The number of carbonyl (C=O) groups is 2. The van der Waals surface area contributed by atoms with Crippen molar-refractivity contribution >= 4 is 21.7 Å². The van der Waals surface area contributed by atoms with Gasteiger partial charge in [0.05, 0.1) is 6.54 Å². The van der Waals surface area contributed by atoms with E-state index in [1.54, 1.807) is 4.90 Å².